The molecule has 0 spiro atoms. The Morgan fingerprint density at radius 2 is 2.05 bits per heavy atom. The van der Waals surface area contributed by atoms with Crippen LogP contribution in [-0.2, 0) is 19.2 Å². The number of aldehydes is 1. The number of carbonyl (C=O) groups excluding carboxylic acids is 4. The van der Waals surface area contributed by atoms with E-state index in [4.69, 9.17) is 0 Å². The molecule has 0 aromatic heterocycles. The summed E-state index contributed by atoms with van der Waals surface area (Å²) < 4.78 is 0. The van der Waals surface area contributed by atoms with Crippen molar-refractivity contribution < 1.29 is 19.2 Å². The molecule has 0 radical (unpaired) electrons. The van der Waals surface area contributed by atoms with Gasteiger partial charge in [0.1, 0.15) is 6.29 Å². The first-order valence-electron chi connectivity index (χ1n) is 5.87. The van der Waals surface area contributed by atoms with Crippen molar-refractivity contribution in [3.63, 3.8) is 0 Å². The molecule has 0 aromatic carbocycles. The van der Waals surface area contributed by atoms with Gasteiger partial charge in [-0.15, -0.1) is 0 Å². The molecule has 0 bridgehead atoms. The Bertz CT molecular complexity index is 479. The van der Waals surface area contributed by atoms with E-state index >= 15 is 0 Å². The van der Waals surface area contributed by atoms with Crippen LogP contribution < -0.4 is 5.32 Å². The van der Waals surface area contributed by atoms with Crippen LogP contribution in [0.3, 0.4) is 0 Å². The maximum Gasteiger partial charge on any atom is 0.261 e. The number of amides is 3. The van der Waals surface area contributed by atoms with Crippen molar-refractivity contribution in [3.05, 3.63) is 23.8 Å². The van der Waals surface area contributed by atoms with E-state index in [0.717, 1.165) is 4.90 Å². The smallest absolute Gasteiger partial charge is 0.261 e. The average Bonchev–Trinajstić information content (AvgIpc) is 2.62. The van der Waals surface area contributed by atoms with E-state index in [0.29, 0.717) is 6.29 Å². The topological polar surface area (TPSA) is 83.6 Å². The summed E-state index contributed by atoms with van der Waals surface area (Å²) in [4.78, 5) is 47.0. The van der Waals surface area contributed by atoms with Crippen LogP contribution in [0, 0.1) is 0 Å². The molecule has 1 atom stereocenters. The van der Waals surface area contributed by atoms with E-state index in [1.165, 1.54) is 13.1 Å². The third kappa shape index (κ3) is 2.78. The van der Waals surface area contributed by atoms with Crippen LogP contribution in [0.4, 0.5) is 0 Å². The van der Waals surface area contributed by atoms with Gasteiger partial charge in [-0.1, -0.05) is 12.7 Å². The van der Waals surface area contributed by atoms with Gasteiger partial charge in [0, 0.05) is 24.6 Å². The summed E-state index contributed by atoms with van der Waals surface area (Å²) in [5.41, 5.74) is 0.288. The van der Waals surface area contributed by atoms with Gasteiger partial charge >= 0.3 is 0 Å². The first-order chi connectivity index (χ1) is 8.97. The average molecular weight is 264 g/mol. The zero-order valence-electron chi connectivity index (χ0n) is 10.9. The van der Waals surface area contributed by atoms with Gasteiger partial charge in [0.15, 0.2) is 0 Å². The molecule has 1 aliphatic rings. The van der Waals surface area contributed by atoms with Gasteiger partial charge in [-0.25, -0.2) is 0 Å². The Balaban J connectivity index is 2.90. The molecule has 1 unspecified atom stereocenters. The fourth-order valence-electron chi connectivity index (χ4n) is 1.87. The van der Waals surface area contributed by atoms with Crippen molar-refractivity contribution in [1.29, 1.82) is 0 Å². The lowest BCUT2D eigenvalue weighted by atomic mass is 10.1. The predicted molar refractivity (Wildman–Crippen MR) is 67.9 cm³/mol. The maximum absolute atomic E-state index is 12.0. The number of rotatable bonds is 5. The zero-order valence-corrected chi connectivity index (χ0v) is 10.9. The van der Waals surface area contributed by atoms with Crippen LogP contribution in [0.2, 0.25) is 0 Å². The molecule has 6 nitrogen and oxygen atoms in total. The van der Waals surface area contributed by atoms with E-state index in [1.807, 2.05) is 0 Å². The minimum atomic E-state index is -0.938. The summed E-state index contributed by atoms with van der Waals surface area (Å²) in [5, 5.41) is 2.41. The molecule has 0 saturated carbocycles. The third-order valence-electron chi connectivity index (χ3n) is 2.97. The van der Waals surface area contributed by atoms with Gasteiger partial charge < -0.3 is 10.1 Å². The molecule has 19 heavy (non-hydrogen) atoms. The number of hydrogen-bond donors (Lipinski definition) is 1. The molecule has 102 valence electrons. The van der Waals surface area contributed by atoms with Crippen molar-refractivity contribution in [2.24, 2.45) is 0 Å². The Labute approximate surface area is 111 Å². The van der Waals surface area contributed by atoms with Gasteiger partial charge in [0.25, 0.3) is 11.8 Å². The second-order valence-corrected chi connectivity index (χ2v) is 4.08. The molecule has 1 rings (SSSR count). The number of imide groups is 1. The fourth-order valence-corrected chi connectivity index (χ4v) is 1.87. The quantitative estimate of drug-likeness (QED) is 0.429. The van der Waals surface area contributed by atoms with E-state index in [2.05, 4.69) is 11.9 Å². The number of carbonyl (C=O) groups is 4. The lowest BCUT2D eigenvalue weighted by Gasteiger charge is -2.20. The van der Waals surface area contributed by atoms with Gasteiger partial charge in [0.2, 0.25) is 5.91 Å². The summed E-state index contributed by atoms with van der Waals surface area (Å²) in [7, 11) is 1.48. The lowest BCUT2D eigenvalue weighted by molar-refractivity contribution is -0.142. The van der Waals surface area contributed by atoms with Crippen LogP contribution in [0.1, 0.15) is 19.8 Å². The normalized spacial score (nSPS) is 18.9. The van der Waals surface area contributed by atoms with E-state index in [-0.39, 0.29) is 29.9 Å². The minimum absolute atomic E-state index is 0.0641. The summed E-state index contributed by atoms with van der Waals surface area (Å²) in [6, 6.07) is -0.938. The van der Waals surface area contributed by atoms with Crippen molar-refractivity contribution >= 4 is 24.0 Å². The Hall–Kier alpha value is -2.24. The van der Waals surface area contributed by atoms with E-state index in [9.17, 15) is 19.2 Å². The minimum Gasteiger partial charge on any atom is -0.359 e. The summed E-state index contributed by atoms with van der Waals surface area (Å²) in [5.74, 6) is -1.37. The van der Waals surface area contributed by atoms with Crippen molar-refractivity contribution in [1.82, 2.24) is 10.2 Å². The standard InChI is InChI=1S/C13H16N2O4/c1-4-10-8(2)12(18)15(13(10)19)9(7-16)5-6-11(17)14-3/h4,7,9H,2,5-6H2,1,3H3,(H,14,17)/b10-4+. The molecule has 1 saturated heterocycles. The van der Waals surface area contributed by atoms with Crippen LogP contribution in [0.25, 0.3) is 0 Å². The lowest BCUT2D eigenvalue weighted by Crippen LogP contribution is -2.41. The van der Waals surface area contributed by atoms with Crippen LogP contribution >= 0.6 is 0 Å². The zero-order chi connectivity index (χ0) is 14.6. The molecular formula is C13H16N2O4. The molecule has 6 heteroatoms. The molecule has 0 aliphatic carbocycles. The SMILES string of the molecule is C=C1C(=O)N(C(C=O)CCC(=O)NC)C(=O)/C1=C/C. The molecule has 3 amide bonds. The summed E-state index contributed by atoms with van der Waals surface area (Å²) >= 11 is 0. The number of nitrogens with zero attached hydrogens (tertiary/aromatic N) is 1. The van der Waals surface area contributed by atoms with Crippen molar-refractivity contribution in [2.45, 2.75) is 25.8 Å². The Kier molecular flexibility index (Phi) is 4.74. The maximum atomic E-state index is 12.0. The van der Waals surface area contributed by atoms with Crippen LogP contribution in [0.5, 0.6) is 0 Å². The highest BCUT2D eigenvalue weighted by molar-refractivity contribution is 6.25. The largest absolute Gasteiger partial charge is 0.359 e. The molecular weight excluding hydrogens is 248 g/mol. The third-order valence-corrected chi connectivity index (χ3v) is 2.97. The summed E-state index contributed by atoms with van der Waals surface area (Å²) in [6.45, 7) is 5.16. The highest BCUT2D eigenvalue weighted by Crippen LogP contribution is 2.26. The number of allylic oxidation sites excluding steroid dienone is 1. The van der Waals surface area contributed by atoms with Crippen molar-refractivity contribution in [3.8, 4) is 0 Å². The van der Waals surface area contributed by atoms with Crippen molar-refractivity contribution in [2.75, 3.05) is 7.05 Å². The number of nitrogens with one attached hydrogen (secondary N) is 1. The van der Waals surface area contributed by atoms with E-state index < -0.39 is 17.9 Å². The Morgan fingerprint density at radius 3 is 2.47 bits per heavy atom. The summed E-state index contributed by atoms with van der Waals surface area (Å²) in [6.07, 6.45) is 2.16. The van der Waals surface area contributed by atoms with Gasteiger partial charge in [-0.2, -0.15) is 0 Å². The molecule has 1 heterocycles. The highest BCUT2D eigenvalue weighted by atomic mass is 16.2. The number of likely N-dealkylation sites (tertiary alicyclic amines) is 1. The second-order valence-electron chi connectivity index (χ2n) is 4.08. The predicted octanol–water partition coefficient (Wildman–Crippen LogP) is -0.0486. The highest BCUT2D eigenvalue weighted by Gasteiger charge is 2.41. The first kappa shape index (κ1) is 14.8. The fraction of sp³-hybridized carbons (Fsp3) is 0.385. The molecule has 1 fully saturated rings. The molecule has 0 aromatic rings. The Morgan fingerprint density at radius 1 is 1.42 bits per heavy atom. The van der Waals surface area contributed by atoms with Gasteiger partial charge in [-0.05, 0) is 13.3 Å². The van der Waals surface area contributed by atoms with Gasteiger partial charge in [-0.3, -0.25) is 19.3 Å². The number of hydrogen-bond acceptors (Lipinski definition) is 4. The van der Waals surface area contributed by atoms with Crippen LogP contribution in [0.15, 0.2) is 23.8 Å². The second kappa shape index (κ2) is 6.08. The molecule has 1 N–H and O–H groups in total. The molecule has 1 aliphatic heterocycles. The van der Waals surface area contributed by atoms with Crippen LogP contribution in [-0.4, -0.2) is 42.0 Å². The van der Waals surface area contributed by atoms with E-state index in [1.54, 1.807) is 6.92 Å². The monoisotopic (exact) mass is 264 g/mol. The first-order valence-corrected chi connectivity index (χ1v) is 5.87. The van der Waals surface area contributed by atoms with Gasteiger partial charge in [0.05, 0.1) is 6.04 Å².